The Morgan fingerprint density at radius 2 is 1.60 bits per heavy atom. The van der Waals surface area contributed by atoms with Crippen LogP contribution in [0, 0.1) is 11.8 Å². The van der Waals surface area contributed by atoms with Gasteiger partial charge in [0, 0.05) is 25.8 Å². The minimum Gasteiger partial charge on any atom is -0.395 e. The van der Waals surface area contributed by atoms with Crippen molar-refractivity contribution in [1.29, 1.82) is 0 Å². The maximum atomic E-state index is 9.26. The predicted molar refractivity (Wildman–Crippen MR) is 64.0 cm³/mol. The standard InChI is InChI=1S/C12H27NO2/c1-9(2)11(6-7-15-5)13-12(8-14)10(3)4/h9-14H,6-8H2,1-5H3/t11?,12-/m1/s1. The molecule has 0 saturated carbocycles. The summed E-state index contributed by atoms with van der Waals surface area (Å²) in [5.41, 5.74) is 0. The highest BCUT2D eigenvalue weighted by Crippen LogP contribution is 2.10. The van der Waals surface area contributed by atoms with Crippen LogP contribution in [0.2, 0.25) is 0 Å². The summed E-state index contributed by atoms with van der Waals surface area (Å²) >= 11 is 0. The summed E-state index contributed by atoms with van der Waals surface area (Å²) in [6.07, 6.45) is 0.997. The molecule has 1 unspecified atom stereocenters. The molecular formula is C12H27NO2. The molecule has 0 amide bonds. The molecule has 0 rings (SSSR count). The maximum absolute atomic E-state index is 9.26. The predicted octanol–water partition coefficient (Wildman–Crippen LogP) is 1.65. The molecule has 0 aliphatic carbocycles. The van der Waals surface area contributed by atoms with Crippen LogP contribution in [0.4, 0.5) is 0 Å². The minimum absolute atomic E-state index is 0.189. The molecule has 0 heterocycles. The molecule has 0 aromatic rings. The van der Waals surface area contributed by atoms with Gasteiger partial charge in [-0.1, -0.05) is 27.7 Å². The van der Waals surface area contributed by atoms with Gasteiger partial charge in [-0.2, -0.15) is 0 Å². The van der Waals surface area contributed by atoms with E-state index in [1.807, 2.05) is 0 Å². The highest BCUT2D eigenvalue weighted by Gasteiger charge is 2.19. The fraction of sp³-hybridized carbons (Fsp3) is 1.00. The number of rotatable bonds is 8. The van der Waals surface area contributed by atoms with E-state index in [0.717, 1.165) is 13.0 Å². The Hall–Kier alpha value is -0.120. The van der Waals surface area contributed by atoms with Gasteiger partial charge in [-0.15, -0.1) is 0 Å². The summed E-state index contributed by atoms with van der Waals surface area (Å²) in [6, 6.07) is 0.610. The fourth-order valence-corrected chi connectivity index (χ4v) is 1.58. The average molecular weight is 217 g/mol. The second-order valence-corrected chi connectivity index (χ2v) is 4.83. The van der Waals surface area contributed by atoms with Crippen LogP contribution in [-0.2, 0) is 4.74 Å². The summed E-state index contributed by atoms with van der Waals surface area (Å²) in [6.45, 7) is 9.62. The van der Waals surface area contributed by atoms with Gasteiger partial charge in [0.2, 0.25) is 0 Å². The monoisotopic (exact) mass is 217 g/mol. The van der Waals surface area contributed by atoms with Gasteiger partial charge < -0.3 is 15.2 Å². The van der Waals surface area contributed by atoms with Crippen molar-refractivity contribution in [2.45, 2.75) is 46.2 Å². The van der Waals surface area contributed by atoms with Crippen LogP contribution in [0.5, 0.6) is 0 Å². The number of aliphatic hydroxyl groups is 1. The molecule has 0 saturated heterocycles. The lowest BCUT2D eigenvalue weighted by Gasteiger charge is -2.29. The van der Waals surface area contributed by atoms with Gasteiger partial charge in [-0.3, -0.25) is 0 Å². The van der Waals surface area contributed by atoms with Crippen LogP contribution in [0.15, 0.2) is 0 Å². The van der Waals surface area contributed by atoms with Crippen LogP contribution >= 0.6 is 0 Å². The van der Waals surface area contributed by atoms with Crippen LogP contribution in [0.25, 0.3) is 0 Å². The van der Waals surface area contributed by atoms with Crippen LogP contribution in [0.1, 0.15) is 34.1 Å². The molecular weight excluding hydrogens is 190 g/mol. The van der Waals surface area contributed by atoms with E-state index in [1.54, 1.807) is 7.11 Å². The average Bonchev–Trinajstić information content (AvgIpc) is 2.17. The van der Waals surface area contributed by atoms with Crippen LogP contribution in [0.3, 0.4) is 0 Å². The normalized spacial score (nSPS) is 16.0. The molecule has 2 N–H and O–H groups in total. The molecule has 0 radical (unpaired) electrons. The highest BCUT2D eigenvalue weighted by molar-refractivity contribution is 4.78. The van der Waals surface area contributed by atoms with Gasteiger partial charge >= 0.3 is 0 Å². The molecule has 3 heteroatoms. The van der Waals surface area contributed by atoms with Crippen LogP contribution < -0.4 is 5.32 Å². The Kier molecular flexibility index (Phi) is 8.02. The summed E-state index contributed by atoms with van der Waals surface area (Å²) in [4.78, 5) is 0. The first-order valence-electron chi connectivity index (χ1n) is 5.88. The topological polar surface area (TPSA) is 41.5 Å². The Morgan fingerprint density at radius 1 is 1.07 bits per heavy atom. The van der Waals surface area contributed by atoms with Gasteiger partial charge in [0.05, 0.1) is 6.61 Å². The smallest absolute Gasteiger partial charge is 0.0587 e. The SMILES string of the molecule is COCCC(N[C@H](CO)C(C)C)C(C)C. The third-order valence-corrected chi connectivity index (χ3v) is 2.87. The number of methoxy groups -OCH3 is 1. The Labute approximate surface area is 94.2 Å². The molecule has 0 aliphatic heterocycles. The summed E-state index contributed by atoms with van der Waals surface area (Å²) in [7, 11) is 1.73. The van der Waals surface area contributed by atoms with Crippen molar-refractivity contribution in [1.82, 2.24) is 5.32 Å². The Morgan fingerprint density at radius 3 is 1.93 bits per heavy atom. The quantitative estimate of drug-likeness (QED) is 0.649. The van der Waals surface area contributed by atoms with Crippen molar-refractivity contribution in [2.24, 2.45) is 11.8 Å². The third kappa shape index (κ3) is 6.13. The van der Waals surface area contributed by atoms with Gasteiger partial charge in [0.15, 0.2) is 0 Å². The van der Waals surface area contributed by atoms with E-state index in [1.165, 1.54) is 0 Å². The van der Waals surface area contributed by atoms with E-state index < -0.39 is 0 Å². The zero-order valence-electron chi connectivity index (χ0n) is 10.8. The molecule has 0 fully saturated rings. The van der Waals surface area contributed by atoms with Gasteiger partial charge in [-0.25, -0.2) is 0 Å². The zero-order valence-corrected chi connectivity index (χ0v) is 10.8. The largest absolute Gasteiger partial charge is 0.395 e. The molecule has 92 valence electrons. The van der Waals surface area contributed by atoms with E-state index in [2.05, 4.69) is 33.0 Å². The molecule has 3 nitrogen and oxygen atoms in total. The first-order chi connectivity index (χ1) is 7.02. The lowest BCUT2D eigenvalue weighted by Crippen LogP contribution is -2.46. The third-order valence-electron chi connectivity index (χ3n) is 2.87. The molecule has 15 heavy (non-hydrogen) atoms. The van der Waals surface area contributed by atoms with E-state index in [4.69, 9.17) is 4.74 Å². The number of hydrogen-bond donors (Lipinski definition) is 2. The fourth-order valence-electron chi connectivity index (χ4n) is 1.58. The molecule has 0 aliphatic rings. The van der Waals surface area contributed by atoms with Crippen molar-refractivity contribution in [3.8, 4) is 0 Å². The first-order valence-corrected chi connectivity index (χ1v) is 5.88. The van der Waals surface area contributed by atoms with Gasteiger partial charge in [-0.05, 0) is 18.3 Å². The zero-order chi connectivity index (χ0) is 11.8. The minimum atomic E-state index is 0.189. The highest BCUT2D eigenvalue weighted by atomic mass is 16.5. The summed E-state index contributed by atoms with van der Waals surface area (Å²) in [5, 5.41) is 12.8. The van der Waals surface area contributed by atoms with Crippen molar-refractivity contribution < 1.29 is 9.84 Å². The van der Waals surface area contributed by atoms with E-state index >= 15 is 0 Å². The second kappa shape index (κ2) is 8.08. The lowest BCUT2D eigenvalue weighted by atomic mass is 9.97. The van der Waals surface area contributed by atoms with Crippen molar-refractivity contribution in [2.75, 3.05) is 20.3 Å². The lowest BCUT2D eigenvalue weighted by molar-refractivity contribution is 0.149. The number of nitrogens with one attached hydrogen (secondary N) is 1. The summed E-state index contributed by atoms with van der Waals surface area (Å²) < 4.78 is 5.10. The van der Waals surface area contributed by atoms with Crippen molar-refractivity contribution in [3.63, 3.8) is 0 Å². The maximum Gasteiger partial charge on any atom is 0.0587 e. The molecule has 0 aromatic carbocycles. The number of hydrogen-bond acceptors (Lipinski definition) is 3. The van der Waals surface area contributed by atoms with Crippen molar-refractivity contribution in [3.05, 3.63) is 0 Å². The number of ether oxygens (including phenoxy) is 1. The molecule has 0 aromatic heterocycles. The van der Waals surface area contributed by atoms with Gasteiger partial charge in [0.1, 0.15) is 0 Å². The van der Waals surface area contributed by atoms with E-state index in [0.29, 0.717) is 17.9 Å². The Bertz CT molecular complexity index is 149. The first kappa shape index (κ1) is 14.9. The second-order valence-electron chi connectivity index (χ2n) is 4.83. The Balaban J connectivity index is 4.12. The van der Waals surface area contributed by atoms with Gasteiger partial charge in [0.25, 0.3) is 0 Å². The van der Waals surface area contributed by atoms with E-state index in [-0.39, 0.29) is 12.6 Å². The number of aliphatic hydroxyl groups excluding tert-OH is 1. The van der Waals surface area contributed by atoms with E-state index in [9.17, 15) is 5.11 Å². The molecule has 0 spiro atoms. The van der Waals surface area contributed by atoms with Crippen molar-refractivity contribution >= 4 is 0 Å². The summed E-state index contributed by atoms with van der Waals surface area (Å²) in [5.74, 6) is 1.02. The molecule has 0 bridgehead atoms. The molecule has 2 atom stereocenters. The van der Waals surface area contributed by atoms with Crippen LogP contribution in [-0.4, -0.2) is 37.5 Å².